The first kappa shape index (κ1) is 22.5. The number of hydrogen-bond donors (Lipinski definition) is 2. The highest BCUT2D eigenvalue weighted by molar-refractivity contribution is 5.94. The number of fused-ring (bicyclic) bond motifs is 1. The minimum absolute atomic E-state index is 0.218. The Morgan fingerprint density at radius 3 is 2.58 bits per heavy atom. The smallest absolute Gasteiger partial charge is 0.337 e. The van der Waals surface area contributed by atoms with Gasteiger partial charge in [0.1, 0.15) is 6.07 Å². The zero-order valence-corrected chi connectivity index (χ0v) is 19.5. The van der Waals surface area contributed by atoms with Crippen LogP contribution in [0.15, 0.2) is 36.4 Å². The van der Waals surface area contributed by atoms with Crippen molar-refractivity contribution >= 4 is 28.5 Å². The van der Waals surface area contributed by atoms with Gasteiger partial charge in [-0.25, -0.2) is 14.8 Å². The molecule has 7 heteroatoms. The third-order valence-electron chi connectivity index (χ3n) is 6.44. The number of nitrogens with zero attached hydrogens (tertiary/aromatic N) is 4. The molecule has 2 heterocycles. The number of carboxylic acid groups (broad SMARTS) is 1. The number of hydrogen-bond acceptors (Lipinski definition) is 6. The summed E-state index contributed by atoms with van der Waals surface area (Å²) in [4.78, 5) is 23.4. The van der Waals surface area contributed by atoms with Gasteiger partial charge >= 0.3 is 5.97 Å². The normalized spacial score (nSPS) is 16.3. The summed E-state index contributed by atoms with van der Waals surface area (Å²) >= 11 is 0. The molecule has 0 bridgehead atoms. The Bertz CT molecular complexity index is 1250. The highest BCUT2D eigenvalue weighted by Gasteiger charge is 2.28. The van der Waals surface area contributed by atoms with Crippen LogP contribution < -0.4 is 10.2 Å². The molecule has 1 aromatic heterocycles. The number of aryl methyl sites for hydroxylation is 1. The van der Waals surface area contributed by atoms with Crippen molar-refractivity contribution in [2.45, 2.75) is 46.6 Å². The number of rotatable bonds is 5. The molecule has 4 rings (SSSR count). The number of carbonyl (C=O) groups is 1. The quantitative estimate of drug-likeness (QED) is 0.551. The highest BCUT2D eigenvalue weighted by atomic mass is 16.4. The van der Waals surface area contributed by atoms with Crippen molar-refractivity contribution in [3.05, 3.63) is 58.8 Å². The Morgan fingerprint density at radius 2 is 1.91 bits per heavy atom. The summed E-state index contributed by atoms with van der Waals surface area (Å²) in [6.45, 7) is 10.2. The predicted molar refractivity (Wildman–Crippen MR) is 130 cm³/mol. The van der Waals surface area contributed by atoms with Crippen LogP contribution in [-0.2, 0) is 0 Å². The molecular weight excluding hydrogens is 414 g/mol. The van der Waals surface area contributed by atoms with E-state index in [1.165, 1.54) is 0 Å². The number of anilines is 2. The van der Waals surface area contributed by atoms with Crippen LogP contribution in [0.1, 0.15) is 66.8 Å². The average molecular weight is 444 g/mol. The molecule has 1 saturated heterocycles. The van der Waals surface area contributed by atoms with E-state index in [2.05, 4.69) is 35.1 Å². The summed E-state index contributed by atoms with van der Waals surface area (Å²) in [5.41, 5.74) is 4.71. The molecule has 0 radical (unpaired) electrons. The Balaban J connectivity index is 1.77. The molecule has 0 spiro atoms. The summed E-state index contributed by atoms with van der Waals surface area (Å²) in [6, 6.07) is 12.9. The van der Waals surface area contributed by atoms with Crippen LogP contribution in [0.4, 0.5) is 11.5 Å². The van der Waals surface area contributed by atoms with E-state index in [4.69, 9.17) is 4.98 Å². The Morgan fingerprint density at radius 1 is 1.21 bits per heavy atom. The first-order valence-electron chi connectivity index (χ1n) is 11.2. The fourth-order valence-electron chi connectivity index (χ4n) is 4.38. The molecule has 0 aliphatic carbocycles. The Hall–Kier alpha value is -3.66. The largest absolute Gasteiger partial charge is 0.478 e. The fourth-order valence-corrected chi connectivity index (χ4v) is 4.38. The number of benzene rings is 2. The number of para-hydroxylation sites is 1. The van der Waals surface area contributed by atoms with Crippen molar-refractivity contribution in [1.29, 1.82) is 5.26 Å². The van der Waals surface area contributed by atoms with Crippen LogP contribution in [0.2, 0.25) is 0 Å². The van der Waals surface area contributed by atoms with Crippen molar-refractivity contribution < 1.29 is 9.90 Å². The van der Waals surface area contributed by atoms with Crippen LogP contribution in [0.3, 0.4) is 0 Å². The average Bonchev–Trinajstić information content (AvgIpc) is 2.78. The first-order valence-corrected chi connectivity index (χ1v) is 11.2. The second-order valence-electron chi connectivity index (χ2n) is 9.60. The molecule has 1 aliphatic rings. The van der Waals surface area contributed by atoms with Crippen LogP contribution in [0, 0.1) is 23.7 Å². The van der Waals surface area contributed by atoms with E-state index in [-0.39, 0.29) is 17.0 Å². The molecule has 170 valence electrons. The molecule has 1 atom stereocenters. The highest BCUT2D eigenvalue weighted by Crippen LogP contribution is 2.34. The lowest BCUT2D eigenvalue weighted by atomic mass is 9.82. The molecule has 33 heavy (non-hydrogen) atoms. The molecule has 7 nitrogen and oxygen atoms in total. The van der Waals surface area contributed by atoms with Gasteiger partial charge in [-0.3, -0.25) is 0 Å². The monoisotopic (exact) mass is 443 g/mol. The maximum Gasteiger partial charge on any atom is 0.337 e. The van der Waals surface area contributed by atoms with Crippen LogP contribution >= 0.6 is 0 Å². The number of nitrogens with one attached hydrogen (secondary N) is 1. The van der Waals surface area contributed by atoms with E-state index in [1.807, 2.05) is 32.0 Å². The third kappa shape index (κ3) is 4.61. The van der Waals surface area contributed by atoms with E-state index in [9.17, 15) is 15.2 Å². The van der Waals surface area contributed by atoms with Gasteiger partial charge in [0.2, 0.25) is 0 Å². The molecule has 0 amide bonds. The maximum atomic E-state index is 11.6. The predicted octanol–water partition coefficient (Wildman–Crippen LogP) is 5.31. The van der Waals surface area contributed by atoms with Gasteiger partial charge in [0.25, 0.3) is 0 Å². The van der Waals surface area contributed by atoms with Crippen molar-refractivity contribution in [2.75, 3.05) is 23.3 Å². The molecule has 2 N–H and O–H groups in total. The molecule has 2 aromatic carbocycles. The summed E-state index contributed by atoms with van der Waals surface area (Å²) in [7, 11) is 0. The Kier molecular flexibility index (Phi) is 5.94. The van der Waals surface area contributed by atoms with Gasteiger partial charge in [-0.1, -0.05) is 32.0 Å². The third-order valence-corrected chi connectivity index (χ3v) is 6.44. The summed E-state index contributed by atoms with van der Waals surface area (Å²) in [6.07, 6.45) is 2.06. The topological polar surface area (TPSA) is 102 Å². The van der Waals surface area contributed by atoms with Crippen molar-refractivity contribution in [1.82, 2.24) is 9.97 Å². The lowest BCUT2D eigenvalue weighted by Gasteiger charge is -2.37. The van der Waals surface area contributed by atoms with Crippen molar-refractivity contribution in [3.8, 4) is 6.07 Å². The van der Waals surface area contributed by atoms with E-state index in [0.717, 1.165) is 42.6 Å². The standard InChI is InChI=1S/C26H29N5O2/c1-16-13-19(17(2)28-20-8-6-5-7-18(20)25(32)33)23-21(14-16)29-22(15-27)24(30-23)31-11-9-26(3,4)10-12-31/h5-8,13-14,17,28H,9-12H2,1-4H3,(H,32,33)/t17-/m1/s1. The summed E-state index contributed by atoms with van der Waals surface area (Å²) < 4.78 is 0. The molecule has 3 aromatic rings. The molecule has 1 fully saturated rings. The zero-order chi connectivity index (χ0) is 23.8. The number of aromatic carboxylic acids is 1. The van der Waals surface area contributed by atoms with Crippen molar-refractivity contribution in [3.63, 3.8) is 0 Å². The van der Waals surface area contributed by atoms with E-state index >= 15 is 0 Å². The van der Waals surface area contributed by atoms with Gasteiger partial charge in [-0.2, -0.15) is 5.26 Å². The van der Waals surface area contributed by atoms with Gasteiger partial charge in [0, 0.05) is 24.3 Å². The molecular formula is C26H29N5O2. The minimum Gasteiger partial charge on any atom is -0.478 e. The second kappa shape index (κ2) is 8.70. The number of aromatic nitrogens is 2. The van der Waals surface area contributed by atoms with Gasteiger partial charge in [-0.15, -0.1) is 0 Å². The van der Waals surface area contributed by atoms with E-state index in [0.29, 0.717) is 22.7 Å². The van der Waals surface area contributed by atoms with Crippen molar-refractivity contribution in [2.24, 2.45) is 5.41 Å². The summed E-state index contributed by atoms with van der Waals surface area (Å²) in [5.74, 6) is -0.350. The van der Waals surface area contributed by atoms with Gasteiger partial charge in [0.15, 0.2) is 11.5 Å². The Labute approximate surface area is 194 Å². The number of piperidine rings is 1. The zero-order valence-electron chi connectivity index (χ0n) is 19.5. The maximum absolute atomic E-state index is 11.6. The van der Waals surface area contributed by atoms with Gasteiger partial charge < -0.3 is 15.3 Å². The van der Waals surface area contributed by atoms with Crippen LogP contribution in [0.25, 0.3) is 11.0 Å². The van der Waals surface area contributed by atoms with Crippen LogP contribution in [0.5, 0.6) is 0 Å². The minimum atomic E-state index is -0.979. The SMILES string of the molecule is Cc1cc([C@@H](C)Nc2ccccc2C(=O)O)c2nc(N3CCC(C)(C)CC3)c(C#N)nc2c1. The van der Waals surface area contributed by atoms with E-state index < -0.39 is 5.97 Å². The number of nitriles is 1. The number of carboxylic acids is 1. The lowest BCUT2D eigenvalue weighted by Crippen LogP contribution is -2.38. The lowest BCUT2D eigenvalue weighted by molar-refractivity contribution is 0.0698. The summed E-state index contributed by atoms with van der Waals surface area (Å²) in [5, 5.41) is 22.7. The molecule has 1 aliphatic heterocycles. The van der Waals surface area contributed by atoms with Gasteiger partial charge in [-0.05, 0) is 55.9 Å². The van der Waals surface area contributed by atoms with E-state index in [1.54, 1.807) is 18.2 Å². The molecule has 0 saturated carbocycles. The first-order chi connectivity index (χ1) is 15.7. The van der Waals surface area contributed by atoms with Gasteiger partial charge in [0.05, 0.1) is 22.6 Å². The fraction of sp³-hybridized carbons (Fsp3) is 0.385. The second-order valence-corrected chi connectivity index (χ2v) is 9.60. The van der Waals surface area contributed by atoms with Crippen LogP contribution in [-0.4, -0.2) is 34.1 Å². The molecule has 0 unspecified atom stereocenters.